The molecule has 1 nitrogen and oxygen atoms in total. The summed E-state index contributed by atoms with van der Waals surface area (Å²) in [6, 6.07) is 7.56. The Balaban J connectivity index is 2.47. The maximum Gasteiger partial charge on any atom is 0.134 e. The summed E-state index contributed by atoms with van der Waals surface area (Å²) in [5.74, 6) is -1.16. The van der Waals surface area contributed by atoms with Gasteiger partial charge in [-0.25, -0.2) is 8.78 Å². The highest BCUT2D eigenvalue weighted by Gasteiger charge is 2.21. The third-order valence-corrected chi connectivity index (χ3v) is 4.43. The topological polar surface area (TPSA) is 9.23 Å². The fraction of sp³-hybridized carbons (Fsp3) is 0.200. The van der Waals surface area contributed by atoms with Gasteiger partial charge in [-0.2, -0.15) is 0 Å². The Hall–Kier alpha value is -1.13. The van der Waals surface area contributed by atoms with Crippen molar-refractivity contribution in [2.75, 3.05) is 7.11 Å². The molecule has 0 heterocycles. The van der Waals surface area contributed by atoms with E-state index in [1.54, 1.807) is 18.2 Å². The predicted octanol–water partition coefficient (Wildman–Crippen LogP) is 5.42. The molecule has 20 heavy (non-hydrogen) atoms. The van der Waals surface area contributed by atoms with E-state index in [0.717, 1.165) is 23.3 Å². The lowest BCUT2D eigenvalue weighted by molar-refractivity contribution is 0.405. The number of aryl methyl sites for hydroxylation is 1. The largest absolute Gasteiger partial charge is 0.497 e. The molecule has 0 aliphatic carbocycles. The number of benzene rings is 2. The van der Waals surface area contributed by atoms with Crippen molar-refractivity contribution in [3.8, 4) is 5.75 Å². The van der Waals surface area contributed by atoms with Crippen molar-refractivity contribution in [3.05, 3.63) is 63.7 Å². The molecule has 2 aromatic rings. The number of hydrogen-bond acceptors (Lipinski definition) is 1. The second-order valence-corrected chi connectivity index (χ2v) is 5.70. The van der Waals surface area contributed by atoms with E-state index >= 15 is 0 Å². The Labute approximate surface area is 129 Å². The van der Waals surface area contributed by atoms with Gasteiger partial charge in [0.15, 0.2) is 0 Å². The van der Waals surface area contributed by atoms with Gasteiger partial charge in [0.25, 0.3) is 0 Å². The van der Waals surface area contributed by atoms with Crippen LogP contribution < -0.4 is 4.74 Å². The van der Waals surface area contributed by atoms with Crippen LogP contribution in [-0.2, 0) is 0 Å². The molecule has 0 saturated carbocycles. The zero-order valence-electron chi connectivity index (χ0n) is 10.9. The zero-order valence-corrected chi connectivity index (χ0v) is 13.2. The van der Waals surface area contributed by atoms with E-state index in [1.165, 1.54) is 7.11 Å². The van der Waals surface area contributed by atoms with Gasteiger partial charge in [0.1, 0.15) is 17.4 Å². The van der Waals surface area contributed by atoms with Gasteiger partial charge in [-0.15, -0.1) is 0 Å². The van der Waals surface area contributed by atoms with E-state index in [-0.39, 0.29) is 11.3 Å². The lowest BCUT2D eigenvalue weighted by Crippen LogP contribution is -2.02. The second-order valence-electron chi connectivity index (χ2n) is 4.38. The molecule has 0 aliphatic rings. The minimum absolute atomic E-state index is 0.0486. The number of ether oxygens (including phenoxy) is 1. The minimum Gasteiger partial charge on any atom is -0.497 e. The van der Waals surface area contributed by atoms with Crippen molar-refractivity contribution in [1.82, 2.24) is 0 Å². The van der Waals surface area contributed by atoms with Crippen molar-refractivity contribution >= 4 is 27.5 Å². The molecule has 2 rings (SSSR count). The molecule has 0 bridgehead atoms. The van der Waals surface area contributed by atoms with Crippen molar-refractivity contribution < 1.29 is 13.5 Å². The summed E-state index contributed by atoms with van der Waals surface area (Å²) >= 11 is 9.29. The Morgan fingerprint density at radius 1 is 1.15 bits per heavy atom. The Morgan fingerprint density at radius 3 is 2.25 bits per heavy atom. The second kappa shape index (κ2) is 6.10. The molecule has 0 N–H and O–H groups in total. The van der Waals surface area contributed by atoms with Crippen LogP contribution in [0.15, 0.2) is 30.3 Å². The van der Waals surface area contributed by atoms with Crippen molar-refractivity contribution in [1.29, 1.82) is 0 Å². The van der Waals surface area contributed by atoms with Gasteiger partial charge in [-0.1, -0.05) is 39.7 Å². The van der Waals surface area contributed by atoms with Crippen LogP contribution in [0.3, 0.4) is 0 Å². The molecule has 1 atom stereocenters. The molecule has 0 fully saturated rings. The quantitative estimate of drug-likeness (QED) is 0.663. The van der Waals surface area contributed by atoms with Crippen LogP contribution in [0, 0.1) is 18.6 Å². The van der Waals surface area contributed by atoms with Crippen LogP contribution >= 0.6 is 27.5 Å². The fourth-order valence-corrected chi connectivity index (χ4v) is 2.75. The van der Waals surface area contributed by atoms with Crippen LogP contribution in [-0.4, -0.2) is 7.11 Å². The summed E-state index contributed by atoms with van der Waals surface area (Å²) in [6.07, 6.45) is 0. The Bertz CT molecular complexity index is 623. The van der Waals surface area contributed by atoms with E-state index < -0.39 is 16.5 Å². The van der Waals surface area contributed by atoms with E-state index in [1.807, 2.05) is 6.92 Å². The van der Waals surface area contributed by atoms with Crippen LogP contribution in [0.2, 0.25) is 5.02 Å². The number of methoxy groups -OCH3 is 1. The number of halogens is 4. The van der Waals surface area contributed by atoms with Gasteiger partial charge < -0.3 is 4.74 Å². The Morgan fingerprint density at radius 2 is 1.75 bits per heavy atom. The summed E-state index contributed by atoms with van der Waals surface area (Å²) in [5.41, 5.74) is 1.53. The molecule has 106 valence electrons. The molecule has 0 amide bonds. The average Bonchev–Trinajstić information content (AvgIpc) is 2.40. The average molecular weight is 362 g/mol. The SMILES string of the molecule is COc1cc(F)c(C(Br)c2ccc(Cl)c(C)c2)c(F)c1. The van der Waals surface area contributed by atoms with Crippen molar-refractivity contribution in [2.45, 2.75) is 11.8 Å². The first-order valence-electron chi connectivity index (χ1n) is 5.87. The molecular weight excluding hydrogens is 350 g/mol. The van der Waals surface area contributed by atoms with Crippen LogP contribution in [0.4, 0.5) is 8.78 Å². The molecule has 0 aromatic heterocycles. The summed E-state index contributed by atoms with van der Waals surface area (Å²) in [7, 11) is 1.36. The lowest BCUT2D eigenvalue weighted by atomic mass is 10.0. The van der Waals surface area contributed by atoms with Crippen molar-refractivity contribution in [2.24, 2.45) is 0 Å². The van der Waals surface area contributed by atoms with Gasteiger partial charge in [-0.3, -0.25) is 0 Å². The standard InChI is InChI=1S/C15H12BrClF2O/c1-8-5-9(3-4-11(8)17)15(16)14-12(18)6-10(20-2)7-13(14)19/h3-7,15H,1-2H3. The first kappa shape index (κ1) is 15.3. The number of alkyl halides is 1. The predicted molar refractivity (Wildman–Crippen MR) is 79.9 cm³/mol. The normalized spacial score (nSPS) is 12.3. The highest BCUT2D eigenvalue weighted by Crippen LogP contribution is 2.37. The molecule has 1 unspecified atom stereocenters. The van der Waals surface area contributed by atoms with E-state index in [4.69, 9.17) is 16.3 Å². The molecule has 2 aromatic carbocycles. The van der Waals surface area contributed by atoms with Gasteiger partial charge in [-0.05, 0) is 24.1 Å². The maximum absolute atomic E-state index is 14.0. The summed E-state index contributed by atoms with van der Waals surface area (Å²) in [6.45, 7) is 1.84. The van der Waals surface area contributed by atoms with Gasteiger partial charge in [0.05, 0.1) is 11.9 Å². The molecule has 0 spiro atoms. The smallest absolute Gasteiger partial charge is 0.134 e. The summed E-state index contributed by atoms with van der Waals surface area (Å²) < 4.78 is 32.9. The first-order valence-corrected chi connectivity index (χ1v) is 7.16. The van der Waals surface area contributed by atoms with Gasteiger partial charge >= 0.3 is 0 Å². The third-order valence-electron chi connectivity index (χ3n) is 3.02. The molecule has 5 heteroatoms. The molecular formula is C15H12BrClF2O. The third kappa shape index (κ3) is 2.96. The number of rotatable bonds is 3. The molecule has 0 aliphatic heterocycles. The highest BCUT2D eigenvalue weighted by molar-refractivity contribution is 9.09. The molecule has 0 saturated heterocycles. The fourth-order valence-electron chi connectivity index (χ4n) is 1.91. The monoisotopic (exact) mass is 360 g/mol. The number of hydrogen-bond donors (Lipinski definition) is 0. The maximum atomic E-state index is 14.0. The van der Waals surface area contributed by atoms with E-state index in [2.05, 4.69) is 15.9 Å². The molecule has 0 radical (unpaired) electrons. The minimum atomic E-state index is -0.656. The summed E-state index contributed by atoms with van der Waals surface area (Å²) in [4.78, 5) is -0.593. The van der Waals surface area contributed by atoms with Gasteiger partial charge in [0, 0.05) is 22.7 Å². The van der Waals surface area contributed by atoms with Crippen LogP contribution in [0.1, 0.15) is 21.5 Å². The first-order chi connectivity index (χ1) is 9.43. The van der Waals surface area contributed by atoms with Crippen LogP contribution in [0.25, 0.3) is 0 Å². The Kier molecular flexibility index (Phi) is 4.66. The highest BCUT2D eigenvalue weighted by atomic mass is 79.9. The van der Waals surface area contributed by atoms with E-state index in [0.29, 0.717) is 5.02 Å². The van der Waals surface area contributed by atoms with Crippen LogP contribution in [0.5, 0.6) is 5.75 Å². The summed E-state index contributed by atoms with van der Waals surface area (Å²) in [5, 5.41) is 0.615. The lowest BCUT2D eigenvalue weighted by Gasteiger charge is -2.15. The zero-order chi connectivity index (χ0) is 14.9. The van der Waals surface area contributed by atoms with Gasteiger partial charge in [0.2, 0.25) is 0 Å². The van der Waals surface area contributed by atoms with Crippen molar-refractivity contribution in [3.63, 3.8) is 0 Å². The van der Waals surface area contributed by atoms with E-state index in [9.17, 15) is 8.78 Å².